The number of rotatable bonds is 7. The van der Waals surface area contributed by atoms with Crippen molar-refractivity contribution in [2.75, 3.05) is 38.2 Å². The first-order valence-corrected chi connectivity index (χ1v) is 11.2. The lowest BCUT2D eigenvalue weighted by molar-refractivity contribution is -0.134. The van der Waals surface area contributed by atoms with Crippen LogP contribution in [-0.4, -0.2) is 73.8 Å². The average Bonchev–Trinajstić information content (AvgIpc) is 2.64. The molecule has 1 saturated heterocycles. The molecular formula is C16H23FN4O4S2. The number of nitrogens with one attached hydrogen (secondary N) is 1. The Labute approximate surface area is 162 Å². The molecule has 150 valence electrons. The molecule has 1 heterocycles. The third kappa shape index (κ3) is 5.56. The average molecular weight is 419 g/mol. The molecule has 11 heteroatoms. The highest BCUT2D eigenvalue weighted by Crippen LogP contribution is 2.18. The quantitative estimate of drug-likeness (QED) is 0.668. The first-order valence-electron chi connectivity index (χ1n) is 8.35. The number of halogens is 1. The number of thioether (sulfide) groups is 1. The molecule has 1 atom stereocenters. The number of nitrogens with two attached hydrogens (primary N) is 1. The summed E-state index contributed by atoms with van der Waals surface area (Å²) in [5, 5.41) is 2.45. The van der Waals surface area contributed by atoms with Crippen LogP contribution in [0.3, 0.4) is 0 Å². The molecule has 0 bridgehead atoms. The molecule has 1 aromatic rings. The van der Waals surface area contributed by atoms with E-state index in [4.69, 9.17) is 5.73 Å². The molecule has 0 spiro atoms. The molecule has 1 aliphatic heterocycles. The molecule has 27 heavy (non-hydrogen) atoms. The number of primary amides is 1. The fourth-order valence-electron chi connectivity index (χ4n) is 2.79. The van der Waals surface area contributed by atoms with Crippen LogP contribution in [-0.2, 0) is 14.8 Å². The summed E-state index contributed by atoms with van der Waals surface area (Å²) in [5.74, 6) is -0.112. The molecule has 2 rings (SSSR count). The van der Waals surface area contributed by atoms with E-state index in [1.807, 2.05) is 6.26 Å². The maximum Gasteiger partial charge on any atom is 0.312 e. The lowest BCUT2D eigenvalue weighted by Crippen LogP contribution is -2.56. The minimum absolute atomic E-state index is 0.0110. The number of piperazine rings is 1. The van der Waals surface area contributed by atoms with Crippen molar-refractivity contribution in [1.29, 1.82) is 0 Å². The predicted molar refractivity (Wildman–Crippen MR) is 101 cm³/mol. The maximum absolute atomic E-state index is 13.0. The molecule has 1 fully saturated rings. The van der Waals surface area contributed by atoms with E-state index in [2.05, 4.69) is 5.32 Å². The Bertz CT molecular complexity index is 765. The van der Waals surface area contributed by atoms with Gasteiger partial charge in [0.1, 0.15) is 11.9 Å². The summed E-state index contributed by atoms with van der Waals surface area (Å²) in [4.78, 5) is 25.3. The van der Waals surface area contributed by atoms with Crippen molar-refractivity contribution < 1.29 is 22.4 Å². The fourth-order valence-corrected chi connectivity index (χ4v) is 4.68. The Morgan fingerprint density at radius 1 is 1.22 bits per heavy atom. The molecule has 0 radical (unpaired) electrons. The smallest absolute Gasteiger partial charge is 0.312 e. The molecule has 0 saturated carbocycles. The van der Waals surface area contributed by atoms with Crippen molar-refractivity contribution in [1.82, 2.24) is 14.5 Å². The van der Waals surface area contributed by atoms with Crippen molar-refractivity contribution in [3.8, 4) is 0 Å². The van der Waals surface area contributed by atoms with Gasteiger partial charge in [-0.1, -0.05) is 0 Å². The number of amides is 3. The SMILES string of the molecule is CSCC[C@@H](NC(N)=O)C(=O)N1CCN(S(=O)(=O)c2ccc(F)cc2)CC1. The van der Waals surface area contributed by atoms with Crippen molar-refractivity contribution in [2.24, 2.45) is 5.73 Å². The van der Waals surface area contributed by atoms with Crippen molar-refractivity contribution in [2.45, 2.75) is 17.4 Å². The normalized spacial score (nSPS) is 16.7. The molecule has 3 N–H and O–H groups in total. The number of benzene rings is 1. The van der Waals surface area contributed by atoms with Gasteiger partial charge in [0.15, 0.2) is 0 Å². The number of hydrogen-bond acceptors (Lipinski definition) is 5. The summed E-state index contributed by atoms with van der Waals surface area (Å²) in [6.45, 7) is 0.652. The van der Waals surface area contributed by atoms with Crippen LogP contribution in [0.25, 0.3) is 0 Å². The minimum Gasteiger partial charge on any atom is -0.352 e. The van der Waals surface area contributed by atoms with E-state index in [0.717, 1.165) is 12.1 Å². The highest BCUT2D eigenvalue weighted by atomic mass is 32.2. The van der Waals surface area contributed by atoms with Crippen LogP contribution in [0, 0.1) is 5.82 Å². The zero-order valence-corrected chi connectivity index (χ0v) is 16.6. The van der Waals surface area contributed by atoms with Gasteiger partial charge in [0, 0.05) is 26.2 Å². The van der Waals surface area contributed by atoms with Crippen LogP contribution < -0.4 is 11.1 Å². The van der Waals surface area contributed by atoms with Crippen molar-refractivity contribution >= 4 is 33.7 Å². The first kappa shape index (κ1) is 21.5. The van der Waals surface area contributed by atoms with E-state index in [9.17, 15) is 22.4 Å². The van der Waals surface area contributed by atoms with Gasteiger partial charge in [-0.25, -0.2) is 17.6 Å². The maximum atomic E-state index is 13.0. The Kier molecular flexibility index (Phi) is 7.45. The van der Waals surface area contributed by atoms with Gasteiger partial charge < -0.3 is 16.0 Å². The summed E-state index contributed by atoms with van der Waals surface area (Å²) >= 11 is 1.55. The van der Waals surface area contributed by atoms with Crippen LogP contribution in [0.1, 0.15) is 6.42 Å². The van der Waals surface area contributed by atoms with E-state index < -0.39 is 27.9 Å². The fraction of sp³-hybridized carbons (Fsp3) is 0.500. The predicted octanol–water partition coefficient (Wildman–Crippen LogP) is 0.449. The van der Waals surface area contributed by atoms with Gasteiger partial charge in [0.25, 0.3) is 0 Å². The number of sulfonamides is 1. The molecule has 1 aliphatic rings. The molecule has 1 aromatic carbocycles. The van der Waals surface area contributed by atoms with Crippen LogP contribution in [0.5, 0.6) is 0 Å². The lowest BCUT2D eigenvalue weighted by atomic mass is 10.2. The topological polar surface area (TPSA) is 113 Å². The molecular weight excluding hydrogens is 395 g/mol. The van der Waals surface area contributed by atoms with Gasteiger partial charge in [0.05, 0.1) is 4.90 Å². The third-order valence-electron chi connectivity index (χ3n) is 4.23. The molecule has 0 aliphatic carbocycles. The van der Waals surface area contributed by atoms with Gasteiger partial charge in [-0.05, 0) is 42.7 Å². The Hall–Kier alpha value is -1.85. The summed E-state index contributed by atoms with van der Waals surface area (Å²) in [6, 6.07) is 3.13. The zero-order chi connectivity index (χ0) is 20.0. The summed E-state index contributed by atoms with van der Waals surface area (Å²) in [6.07, 6.45) is 2.34. The standard InChI is InChI=1S/C16H23FN4O4S2/c1-26-11-6-14(19-16(18)23)15(22)20-7-9-21(10-8-20)27(24,25)13-4-2-12(17)3-5-13/h2-5,14H,6-11H2,1H3,(H3,18,19,23)/t14-/m1/s1. The summed E-state index contributed by atoms with van der Waals surface area (Å²) < 4.78 is 39.5. The number of urea groups is 1. The Balaban J connectivity index is 2.01. The highest BCUT2D eigenvalue weighted by molar-refractivity contribution is 7.98. The summed E-state index contributed by atoms with van der Waals surface area (Å²) in [7, 11) is -3.75. The van der Waals surface area contributed by atoms with Crippen LogP contribution >= 0.6 is 11.8 Å². The van der Waals surface area contributed by atoms with E-state index in [-0.39, 0.29) is 37.0 Å². The van der Waals surface area contributed by atoms with Crippen LogP contribution in [0.2, 0.25) is 0 Å². The zero-order valence-electron chi connectivity index (χ0n) is 14.9. The Morgan fingerprint density at radius 2 is 1.81 bits per heavy atom. The van der Waals surface area contributed by atoms with Crippen LogP contribution in [0.4, 0.5) is 9.18 Å². The number of carbonyl (C=O) groups is 2. The van der Waals surface area contributed by atoms with Crippen molar-refractivity contribution in [3.05, 3.63) is 30.1 Å². The van der Waals surface area contributed by atoms with E-state index >= 15 is 0 Å². The highest BCUT2D eigenvalue weighted by Gasteiger charge is 2.32. The second-order valence-electron chi connectivity index (χ2n) is 6.03. The first-order chi connectivity index (χ1) is 12.8. The van der Waals surface area contributed by atoms with Gasteiger partial charge in [-0.2, -0.15) is 16.1 Å². The van der Waals surface area contributed by atoms with Gasteiger partial charge in [-0.15, -0.1) is 0 Å². The minimum atomic E-state index is -3.75. The second-order valence-corrected chi connectivity index (χ2v) is 8.95. The van der Waals surface area contributed by atoms with E-state index in [0.29, 0.717) is 12.2 Å². The molecule has 8 nitrogen and oxygen atoms in total. The number of nitrogens with zero attached hydrogens (tertiary/aromatic N) is 2. The van der Waals surface area contributed by atoms with Gasteiger partial charge in [0.2, 0.25) is 15.9 Å². The number of carbonyl (C=O) groups excluding carboxylic acids is 2. The lowest BCUT2D eigenvalue weighted by Gasteiger charge is -2.35. The summed E-state index contributed by atoms with van der Waals surface area (Å²) in [5.41, 5.74) is 5.14. The largest absolute Gasteiger partial charge is 0.352 e. The molecule has 0 aromatic heterocycles. The van der Waals surface area contributed by atoms with Gasteiger partial charge in [-0.3, -0.25) is 4.79 Å². The number of hydrogen-bond donors (Lipinski definition) is 2. The molecule has 0 unspecified atom stereocenters. The van der Waals surface area contributed by atoms with Gasteiger partial charge >= 0.3 is 6.03 Å². The van der Waals surface area contributed by atoms with E-state index in [1.165, 1.54) is 21.3 Å². The molecule has 3 amide bonds. The van der Waals surface area contributed by atoms with Crippen LogP contribution in [0.15, 0.2) is 29.2 Å². The van der Waals surface area contributed by atoms with Crippen molar-refractivity contribution in [3.63, 3.8) is 0 Å². The monoisotopic (exact) mass is 418 g/mol. The van der Waals surface area contributed by atoms with E-state index in [1.54, 1.807) is 11.8 Å². The third-order valence-corrected chi connectivity index (χ3v) is 6.78. The second kappa shape index (κ2) is 9.38. The Morgan fingerprint density at radius 3 is 2.33 bits per heavy atom.